The van der Waals surface area contributed by atoms with Gasteiger partial charge >= 0.3 is 0 Å². The predicted octanol–water partition coefficient (Wildman–Crippen LogP) is 4.32. The number of carbonyl (C=O) groups excluding carboxylic acids is 2. The summed E-state index contributed by atoms with van der Waals surface area (Å²) in [4.78, 5) is 35.7. The first-order valence-electron chi connectivity index (χ1n) is 9.37. The van der Waals surface area contributed by atoms with Crippen molar-refractivity contribution in [1.29, 1.82) is 0 Å². The van der Waals surface area contributed by atoms with Gasteiger partial charge in [-0.2, -0.15) is 0 Å². The van der Waals surface area contributed by atoms with Crippen molar-refractivity contribution in [2.45, 2.75) is 6.92 Å². The van der Waals surface area contributed by atoms with Gasteiger partial charge in [-0.1, -0.05) is 11.6 Å². The lowest BCUT2D eigenvalue weighted by Gasteiger charge is -2.08. The number of imidazole rings is 1. The normalized spacial score (nSPS) is 10.7. The molecule has 2 aromatic carbocycles. The molecule has 2 amide bonds. The fraction of sp³-hybridized carbons (Fsp3) is 0.0909. The van der Waals surface area contributed by atoms with Crippen LogP contribution >= 0.6 is 11.6 Å². The second kappa shape index (κ2) is 8.45. The second-order valence-electron chi connectivity index (χ2n) is 6.69. The van der Waals surface area contributed by atoms with Crippen molar-refractivity contribution < 1.29 is 14.3 Å². The molecule has 4 rings (SSSR count). The molecule has 0 aliphatic rings. The van der Waals surface area contributed by atoms with Crippen molar-refractivity contribution in [1.82, 2.24) is 20.3 Å². The molecular formula is C22H18ClN5O3. The Hall–Kier alpha value is -3.91. The van der Waals surface area contributed by atoms with E-state index in [9.17, 15) is 9.59 Å². The van der Waals surface area contributed by atoms with Gasteiger partial charge in [-0.25, -0.2) is 4.98 Å². The van der Waals surface area contributed by atoms with Crippen molar-refractivity contribution in [2.75, 3.05) is 12.4 Å². The van der Waals surface area contributed by atoms with Crippen molar-refractivity contribution in [2.24, 2.45) is 0 Å². The third-order valence-corrected chi connectivity index (χ3v) is 5.03. The van der Waals surface area contributed by atoms with E-state index in [1.54, 1.807) is 36.4 Å². The molecule has 2 heterocycles. The van der Waals surface area contributed by atoms with Gasteiger partial charge in [0, 0.05) is 29.9 Å². The molecule has 0 atom stereocenters. The van der Waals surface area contributed by atoms with Gasteiger partial charge in [0.15, 0.2) is 0 Å². The number of rotatable bonds is 5. The van der Waals surface area contributed by atoms with Crippen LogP contribution in [0.25, 0.3) is 11.0 Å². The van der Waals surface area contributed by atoms with Gasteiger partial charge < -0.3 is 15.0 Å². The zero-order chi connectivity index (χ0) is 22.0. The molecule has 4 aromatic rings. The monoisotopic (exact) mass is 435 g/mol. The highest BCUT2D eigenvalue weighted by Gasteiger charge is 2.12. The molecule has 2 aromatic heterocycles. The minimum Gasteiger partial charge on any atom is -0.457 e. The van der Waals surface area contributed by atoms with Gasteiger partial charge in [-0.3, -0.25) is 19.9 Å². The lowest BCUT2D eigenvalue weighted by atomic mass is 10.2. The molecule has 0 saturated heterocycles. The van der Waals surface area contributed by atoms with Gasteiger partial charge in [-0.15, -0.1) is 0 Å². The third-order valence-electron chi connectivity index (χ3n) is 4.62. The molecule has 0 fully saturated rings. The van der Waals surface area contributed by atoms with Crippen LogP contribution in [0.15, 0.2) is 54.7 Å². The molecular weight excluding hydrogens is 418 g/mol. The van der Waals surface area contributed by atoms with Crippen LogP contribution in [0.1, 0.15) is 26.4 Å². The van der Waals surface area contributed by atoms with Gasteiger partial charge in [0.05, 0.1) is 11.0 Å². The molecule has 3 N–H and O–H groups in total. The summed E-state index contributed by atoms with van der Waals surface area (Å²) >= 11 is 6.13. The van der Waals surface area contributed by atoms with Crippen LogP contribution < -0.4 is 15.4 Å². The molecule has 31 heavy (non-hydrogen) atoms. The number of benzene rings is 2. The summed E-state index contributed by atoms with van der Waals surface area (Å²) in [5, 5.41) is 5.87. The van der Waals surface area contributed by atoms with Gasteiger partial charge in [0.25, 0.3) is 11.8 Å². The SMILES string of the molecule is CNC(=O)c1cc(Oc2ccc(C(=O)Nc3nc4c(C)c(Cl)ccc4[nH]3)cc2)ccn1. The summed E-state index contributed by atoms with van der Waals surface area (Å²) in [6.45, 7) is 1.87. The molecule has 0 bridgehead atoms. The highest BCUT2D eigenvalue weighted by Crippen LogP contribution is 2.25. The number of carbonyl (C=O) groups is 2. The van der Waals surface area contributed by atoms with Crippen LogP contribution in [0.5, 0.6) is 11.5 Å². The smallest absolute Gasteiger partial charge is 0.269 e. The Balaban J connectivity index is 1.46. The topological polar surface area (TPSA) is 109 Å². The zero-order valence-electron chi connectivity index (χ0n) is 16.7. The Morgan fingerprint density at radius 1 is 1.03 bits per heavy atom. The Kier molecular flexibility index (Phi) is 5.55. The van der Waals surface area contributed by atoms with Crippen LogP contribution in [-0.4, -0.2) is 33.8 Å². The fourth-order valence-corrected chi connectivity index (χ4v) is 3.12. The number of nitrogens with one attached hydrogen (secondary N) is 3. The number of anilines is 1. The molecule has 0 aliphatic carbocycles. The van der Waals surface area contributed by atoms with Crippen LogP contribution in [0.4, 0.5) is 5.95 Å². The van der Waals surface area contributed by atoms with E-state index in [0.29, 0.717) is 33.6 Å². The Morgan fingerprint density at radius 2 is 1.81 bits per heavy atom. The number of hydrogen-bond acceptors (Lipinski definition) is 5. The molecule has 0 saturated carbocycles. The second-order valence-corrected chi connectivity index (χ2v) is 7.10. The number of aromatic amines is 1. The number of aryl methyl sites for hydroxylation is 1. The summed E-state index contributed by atoms with van der Waals surface area (Å²) in [5.74, 6) is 0.687. The molecule has 9 heteroatoms. The molecule has 8 nitrogen and oxygen atoms in total. The van der Waals surface area contributed by atoms with E-state index in [0.717, 1.165) is 11.1 Å². The van der Waals surface area contributed by atoms with E-state index in [1.165, 1.54) is 19.3 Å². The molecule has 0 spiro atoms. The highest BCUT2D eigenvalue weighted by atomic mass is 35.5. The van der Waals surface area contributed by atoms with Crippen molar-refractivity contribution in [3.05, 3.63) is 76.6 Å². The third kappa shape index (κ3) is 4.34. The summed E-state index contributed by atoms with van der Waals surface area (Å²) in [6, 6.07) is 13.4. The van der Waals surface area contributed by atoms with Gasteiger partial charge in [0.1, 0.15) is 17.2 Å². The minimum atomic E-state index is -0.319. The van der Waals surface area contributed by atoms with E-state index in [2.05, 4.69) is 25.6 Å². The van der Waals surface area contributed by atoms with Crippen LogP contribution in [-0.2, 0) is 0 Å². The number of amides is 2. The van der Waals surface area contributed by atoms with Crippen molar-refractivity contribution in [3.63, 3.8) is 0 Å². The molecule has 156 valence electrons. The number of hydrogen-bond donors (Lipinski definition) is 3. The minimum absolute atomic E-state index is 0.248. The first kappa shape index (κ1) is 20.4. The maximum Gasteiger partial charge on any atom is 0.269 e. The average Bonchev–Trinajstić information content (AvgIpc) is 3.19. The summed E-state index contributed by atoms with van der Waals surface area (Å²) in [7, 11) is 1.53. The predicted molar refractivity (Wildman–Crippen MR) is 118 cm³/mol. The zero-order valence-corrected chi connectivity index (χ0v) is 17.4. The van der Waals surface area contributed by atoms with Crippen molar-refractivity contribution >= 4 is 40.4 Å². The van der Waals surface area contributed by atoms with Crippen LogP contribution in [0.3, 0.4) is 0 Å². The number of pyridine rings is 1. The molecule has 0 unspecified atom stereocenters. The maximum absolute atomic E-state index is 12.6. The Bertz CT molecular complexity index is 1280. The number of halogens is 1. The van der Waals surface area contributed by atoms with Crippen LogP contribution in [0.2, 0.25) is 5.02 Å². The number of nitrogens with zero attached hydrogens (tertiary/aromatic N) is 2. The number of aromatic nitrogens is 3. The van der Waals surface area contributed by atoms with Crippen LogP contribution in [0, 0.1) is 6.92 Å². The number of H-pyrrole nitrogens is 1. The van der Waals surface area contributed by atoms with E-state index in [4.69, 9.17) is 16.3 Å². The first-order valence-corrected chi connectivity index (χ1v) is 9.74. The standard InChI is InChI=1S/C22H18ClN5O3/c1-12-16(23)7-8-17-19(12)27-22(26-17)28-20(29)13-3-5-14(6-4-13)31-15-9-10-25-18(11-15)21(30)24-2/h3-11H,1-2H3,(H,24,30)(H2,26,27,28,29). The van der Waals surface area contributed by atoms with E-state index >= 15 is 0 Å². The highest BCUT2D eigenvalue weighted by molar-refractivity contribution is 6.32. The number of ether oxygens (including phenoxy) is 1. The Morgan fingerprint density at radius 3 is 2.55 bits per heavy atom. The fourth-order valence-electron chi connectivity index (χ4n) is 2.96. The molecule has 0 aliphatic heterocycles. The van der Waals surface area contributed by atoms with E-state index < -0.39 is 0 Å². The lowest BCUT2D eigenvalue weighted by molar-refractivity contribution is 0.0957. The largest absolute Gasteiger partial charge is 0.457 e. The quantitative estimate of drug-likeness (QED) is 0.432. The average molecular weight is 436 g/mol. The maximum atomic E-state index is 12.6. The summed E-state index contributed by atoms with van der Waals surface area (Å²) in [6.07, 6.45) is 1.49. The van der Waals surface area contributed by atoms with Crippen molar-refractivity contribution in [3.8, 4) is 11.5 Å². The first-order chi connectivity index (χ1) is 14.9. The van der Waals surface area contributed by atoms with E-state index in [-0.39, 0.29) is 17.5 Å². The van der Waals surface area contributed by atoms with E-state index in [1.807, 2.05) is 13.0 Å². The van der Waals surface area contributed by atoms with Gasteiger partial charge in [0.2, 0.25) is 5.95 Å². The summed E-state index contributed by atoms with van der Waals surface area (Å²) in [5.41, 5.74) is 3.02. The summed E-state index contributed by atoms with van der Waals surface area (Å²) < 4.78 is 5.75. The molecule has 0 radical (unpaired) electrons. The number of fused-ring (bicyclic) bond motifs is 1. The lowest BCUT2D eigenvalue weighted by Crippen LogP contribution is -2.18. The Labute approximate surface area is 182 Å². The van der Waals surface area contributed by atoms with Gasteiger partial charge in [-0.05, 0) is 55.0 Å².